The number of benzene rings is 1. The molecule has 0 spiro atoms. The van der Waals surface area contributed by atoms with E-state index in [4.69, 9.17) is 11.1 Å². The van der Waals surface area contributed by atoms with E-state index in [0.717, 1.165) is 37.9 Å². The summed E-state index contributed by atoms with van der Waals surface area (Å²) in [5.41, 5.74) is 7.37. The summed E-state index contributed by atoms with van der Waals surface area (Å²) in [7, 11) is 0. The van der Waals surface area contributed by atoms with Gasteiger partial charge in [0.05, 0.1) is 0 Å². The predicted molar refractivity (Wildman–Crippen MR) is 115 cm³/mol. The summed E-state index contributed by atoms with van der Waals surface area (Å²) in [5.74, 6) is 0.505. The van der Waals surface area contributed by atoms with Crippen molar-refractivity contribution in [2.75, 3.05) is 6.54 Å². The molecule has 0 radical (unpaired) electrons. The van der Waals surface area contributed by atoms with E-state index in [1.165, 1.54) is 56.9 Å². The van der Waals surface area contributed by atoms with Gasteiger partial charge in [0.15, 0.2) is 0 Å². The normalized spacial score (nSPS) is 10.9. The van der Waals surface area contributed by atoms with Crippen LogP contribution in [0.15, 0.2) is 24.3 Å². The van der Waals surface area contributed by atoms with Crippen molar-refractivity contribution in [3.8, 4) is 0 Å². The highest BCUT2D eigenvalue weighted by Gasteiger charge is 2.02. The monoisotopic (exact) mass is 373 g/mol. The van der Waals surface area contributed by atoms with E-state index >= 15 is 0 Å². The third kappa shape index (κ3) is 12.4. The number of nitrogens with two attached hydrogens (primary N) is 1. The van der Waals surface area contributed by atoms with Crippen molar-refractivity contribution >= 4 is 11.6 Å². The first-order valence-corrected chi connectivity index (χ1v) is 10.8. The van der Waals surface area contributed by atoms with Gasteiger partial charge in [-0.15, -0.1) is 0 Å². The van der Waals surface area contributed by atoms with Gasteiger partial charge in [0.25, 0.3) is 0 Å². The van der Waals surface area contributed by atoms with Crippen molar-refractivity contribution in [1.82, 2.24) is 5.32 Å². The maximum atomic E-state index is 11.9. The van der Waals surface area contributed by atoms with Crippen molar-refractivity contribution in [1.29, 1.82) is 5.41 Å². The number of Topliss-reactive ketones (excluding diaryl/α,β-unsaturated/α-hetero) is 1. The lowest BCUT2D eigenvalue weighted by Gasteiger charge is -2.06. The van der Waals surface area contributed by atoms with Gasteiger partial charge in [0, 0.05) is 24.9 Å². The molecule has 27 heavy (non-hydrogen) atoms. The quantitative estimate of drug-likeness (QED) is 0.196. The summed E-state index contributed by atoms with van der Waals surface area (Å²) in [6.45, 7) is 3.89. The van der Waals surface area contributed by atoms with Crippen LogP contribution in [-0.4, -0.2) is 18.2 Å². The fraction of sp³-hybridized carbons (Fsp3) is 0.652. The lowest BCUT2D eigenvalue weighted by molar-refractivity contribution is -0.119. The zero-order chi connectivity index (χ0) is 19.7. The molecular weight excluding hydrogens is 334 g/mol. The standard InChI is InChI=1S/C23H39N3O/c1-2-3-4-5-6-7-8-9-10-12-22(27)13-11-18-26-19-20-14-16-21(17-15-20)23(24)25/h14-17,26H,2-13,18-19H2,1H3,(H3,24,25). The van der Waals surface area contributed by atoms with E-state index < -0.39 is 0 Å². The van der Waals surface area contributed by atoms with Crippen molar-refractivity contribution < 1.29 is 4.79 Å². The van der Waals surface area contributed by atoms with Crippen molar-refractivity contribution in [3.63, 3.8) is 0 Å². The minimum atomic E-state index is 0.0972. The molecule has 4 nitrogen and oxygen atoms in total. The van der Waals surface area contributed by atoms with Gasteiger partial charge in [-0.25, -0.2) is 0 Å². The number of ketones is 1. The number of unbranched alkanes of at least 4 members (excludes halogenated alkanes) is 8. The minimum absolute atomic E-state index is 0.0972. The summed E-state index contributed by atoms with van der Waals surface area (Å²) in [6, 6.07) is 7.71. The molecule has 0 heterocycles. The van der Waals surface area contributed by atoms with Crippen LogP contribution in [0.1, 0.15) is 95.1 Å². The molecule has 152 valence electrons. The molecule has 0 unspecified atom stereocenters. The van der Waals surface area contributed by atoms with Crippen LogP contribution in [0.4, 0.5) is 0 Å². The highest BCUT2D eigenvalue weighted by atomic mass is 16.1. The van der Waals surface area contributed by atoms with E-state index in [9.17, 15) is 4.79 Å². The smallest absolute Gasteiger partial charge is 0.132 e. The Labute approximate surface area is 165 Å². The Morgan fingerprint density at radius 2 is 1.44 bits per heavy atom. The van der Waals surface area contributed by atoms with Crippen LogP contribution in [0.25, 0.3) is 0 Å². The second-order valence-electron chi connectivity index (χ2n) is 7.51. The van der Waals surface area contributed by atoms with Crippen LogP contribution >= 0.6 is 0 Å². The topological polar surface area (TPSA) is 79.0 Å². The maximum Gasteiger partial charge on any atom is 0.132 e. The number of nitrogen functional groups attached to an aromatic ring is 1. The third-order valence-electron chi connectivity index (χ3n) is 4.96. The Balaban J connectivity index is 1.93. The molecule has 0 aromatic heterocycles. The second-order valence-corrected chi connectivity index (χ2v) is 7.51. The zero-order valence-electron chi connectivity index (χ0n) is 17.2. The van der Waals surface area contributed by atoms with Gasteiger partial charge in [-0.05, 0) is 24.9 Å². The average molecular weight is 374 g/mol. The van der Waals surface area contributed by atoms with E-state index in [1.54, 1.807) is 0 Å². The molecular formula is C23H39N3O. The average Bonchev–Trinajstić information content (AvgIpc) is 2.66. The Hall–Kier alpha value is -1.68. The Bertz CT molecular complexity index is 525. The Kier molecular flexibility index (Phi) is 13.3. The van der Waals surface area contributed by atoms with Crippen LogP contribution < -0.4 is 11.1 Å². The number of carbonyl (C=O) groups excluding carboxylic acids is 1. The van der Waals surface area contributed by atoms with Crippen molar-refractivity contribution in [2.24, 2.45) is 5.73 Å². The predicted octanol–water partition coefficient (Wildman–Crippen LogP) is 5.33. The minimum Gasteiger partial charge on any atom is -0.384 e. The molecule has 4 heteroatoms. The van der Waals surface area contributed by atoms with E-state index in [-0.39, 0.29) is 5.84 Å². The number of carbonyl (C=O) groups is 1. The van der Waals surface area contributed by atoms with Gasteiger partial charge in [-0.1, -0.05) is 82.6 Å². The summed E-state index contributed by atoms with van der Waals surface area (Å²) >= 11 is 0. The fourth-order valence-electron chi connectivity index (χ4n) is 3.20. The zero-order valence-corrected chi connectivity index (χ0v) is 17.2. The summed E-state index contributed by atoms with van der Waals surface area (Å²) in [4.78, 5) is 11.9. The molecule has 0 aliphatic heterocycles. The lowest BCUT2D eigenvalue weighted by atomic mass is 10.0. The first kappa shape index (κ1) is 23.4. The number of hydrogen-bond donors (Lipinski definition) is 3. The van der Waals surface area contributed by atoms with Gasteiger partial charge < -0.3 is 11.1 Å². The molecule has 0 atom stereocenters. The second kappa shape index (κ2) is 15.4. The Morgan fingerprint density at radius 3 is 2.04 bits per heavy atom. The number of hydrogen-bond acceptors (Lipinski definition) is 3. The molecule has 0 saturated carbocycles. The van der Waals surface area contributed by atoms with Gasteiger partial charge in [0.1, 0.15) is 11.6 Å². The van der Waals surface area contributed by atoms with Crippen LogP contribution in [0.5, 0.6) is 0 Å². The summed E-state index contributed by atoms with van der Waals surface area (Å²) in [5, 5.41) is 10.8. The largest absolute Gasteiger partial charge is 0.384 e. The van der Waals surface area contributed by atoms with Gasteiger partial charge in [-0.2, -0.15) is 0 Å². The van der Waals surface area contributed by atoms with Gasteiger partial charge >= 0.3 is 0 Å². The van der Waals surface area contributed by atoms with Gasteiger partial charge in [-0.3, -0.25) is 10.2 Å². The van der Waals surface area contributed by atoms with Crippen LogP contribution in [0.3, 0.4) is 0 Å². The molecule has 0 aliphatic carbocycles. The van der Waals surface area contributed by atoms with Crippen LogP contribution in [0, 0.1) is 5.41 Å². The van der Waals surface area contributed by atoms with E-state index in [2.05, 4.69) is 12.2 Å². The van der Waals surface area contributed by atoms with Crippen LogP contribution in [-0.2, 0) is 11.3 Å². The lowest BCUT2D eigenvalue weighted by Crippen LogP contribution is -2.16. The maximum absolute atomic E-state index is 11.9. The first-order valence-electron chi connectivity index (χ1n) is 10.8. The number of amidine groups is 1. The molecule has 0 amide bonds. The molecule has 1 rings (SSSR count). The highest BCUT2D eigenvalue weighted by molar-refractivity contribution is 5.94. The number of nitrogens with one attached hydrogen (secondary N) is 2. The van der Waals surface area contributed by atoms with E-state index in [1.807, 2.05) is 24.3 Å². The molecule has 1 aromatic carbocycles. The molecule has 0 bridgehead atoms. The first-order chi connectivity index (χ1) is 13.1. The molecule has 0 fully saturated rings. The molecule has 0 saturated heterocycles. The molecule has 4 N–H and O–H groups in total. The van der Waals surface area contributed by atoms with Crippen molar-refractivity contribution in [3.05, 3.63) is 35.4 Å². The third-order valence-corrected chi connectivity index (χ3v) is 4.96. The summed E-state index contributed by atoms with van der Waals surface area (Å²) < 4.78 is 0. The highest BCUT2D eigenvalue weighted by Crippen LogP contribution is 2.11. The Morgan fingerprint density at radius 1 is 0.889 bits per heavy atom. The van der Waals surface area contributed by atoms with Crippen molar-refractivity contribution in [2.45, 2.75) is 90.5 Å². The van der Waals surface area contributed by atoms with Gasteiger partial charge in [0.2, 0.25) is 0 Å². The molecule has 1 aromatic rings. The van der Waals surface area contributed by atoms with Crippen LogP contribution in [0.2, 0.25) is 0 Å². The molecule has 0 aliphatic rings. The summed E-state index contributed by atoms with van der Waals surface area (Å²) in [6.07, 6.45) is 14.0. The van der Waals surface area contributed by atoms with E-state index in [0.29, 0.717) is 12.2 Å². The number of rotatable bonds is 17. The fourth-order valence-corrected chi connectivity index (χ4v) is 3.20. The SMILES string of the molecule is CCCCCCCCCCCC(=O)CCCNCc1ccc(C(=N)N)cc1.